The number of amides is 2. The summed E-state index contributed by atoms with van der Waals surface area (Å²) in [6.07, 6.45) is 2.99. The zero-order chi connectivity index (χ0) is 16.8. The number of aryl methyl sites for hydroxylation is 1. The van der Waals surface area contributed by atoms with Crippen molar-refractivity contribution in [1.29, 1.82) is 0 Å². The van der Waals surface area contributed by atoms with Gasteiger partial charge in [0.1, 0.15) is 0 Å². The number of nitrogens with zero attached hydrogens (tertiary/aromatic N) is 1. The molecule has 2 rings (SSSR count). The summed E-state index contributed by atoms with van der Waals surface area (Å²) < 4.78 is 4.52. The molecule has 1 atom stereocenters. The minimum Gasteiger partial charge on any atom is -0.453 e. The SMILES string of the molecule is COC(=O)NCCC(=O)N1CCCC[C@@H]1c1cccc(C)c1C. The Balaban J connectivity index is 2.07. The quantitative estimate of drug-likeness (QED) is 0.928. The predicted molar refractivity (Wildman–Crippen MR) is 89.2 cm³/mol. The standard InChI is InChI=1S/C18H26N2O3/c1-13-7-6-8-15(14(13)2)16-9-4-5-12-20(16)17(21)10-11-19-18(22)23-3/h6-8,16H,4-5,9-12H2,1-3H3,(H,19,22)/t16-/m1/s1. The Morgan fingerprint density at radius 3 is 2.83 bits per heavy atom. The third-order valence-corrected chi connectivity index (χ3v) is 4.62. The van der Waals surface area contributed by atoms with Gasteiger partial charge in [-0.05, 0) is 49.8 Å². The summed E-state index contributed by atoms with van der Waals surface area (Å²) in [6.45, 7) is 5.32. The first-order valence-electron chi connectivity index (χ1n) is 8.22. The summed E-state index contributed by atoms with van der Waals surface area (Å²) >= 11 is 0. The highest BCUT2D eigenvalue weighted by molar-refractivity contribution is 5.78. The van der Waals surface area contributed by atoms with E-state index in [0.717, 1.165) is 25.8 Å². The molecular weight excluding hydrogens is 292 g/mol. The second-order valence-electron chi connectivity index (χ2n) is 6.06. The summed E-state index contributed by atoms with van der Waals surface area (Å²) in [7, 11) is 1.32. The molecule has 0 bridgehead atoms. The molecule has 1 aromatic carbocycles. The number of hydrogen-bond acceptors (Lipinski definition) is 3. The topological polar surface area (TPSA) is 58.6 Å². The van der Waals surface area contributed by atoms with Gasteiger partial charge in [-0.15, -0.1) is 0 Å². The highest BCUT2D eigenvalue weighted by Gasteiger charge is 2.28. The van der Waals surface area contributed by atoms with Gasteiger partial charge in [-0.25, -0.2) is 4.79 Å². The molecule has 23 heavy (non-hydrogen) atoms. The van der Waals surface area contributed by atoms with Crippen molar-refractivity contribution in [2.75, 3.05) is 20.2 Å². The molecule has 2 amide bonds. The van der Waals surface area contributed by atoms with Crippen LogP contribution in [0.2, 0.25) is 0 Å². The Labute approximate surface area is 138 Å². The average Bonchev–Trinajstić information content (AvgIpc) is 2.57. The van der Waals surface area contributed by atoms with Gasteiger partial charge in [0.05, 0.1) is 13.2 Å². The third kappa shape index (κ3) is 4.24. The Hall–Kier alpha value is -2.04. The van der Waals surface area contributed by atoms with Crippen LogP contribution in [0.5, 0.6) is 0 Å². The van der Waals surface area contributed by atoms with Crippen molar-refractivity contribution >= 4 is 12.0 Å². The molecule has 0 aromatic heterocycles. The van der Waals surface area contributed by atoms with E-state index in [9.17, 15) is 9.59 Å². The molecule has 126 valence electrons. The lowest BCUT2D eigenvalue weighted by Gasteiger charge is -2.37. The number of benzene rings is 1. The maximum atomic E-state index is 12.6. The molecule has 1 N–H and O–H groups in total. The molecule has 0 aliphatic carbocycles. The summed E-state index contributed by atoms with van der Waals surface area (Å²) in [5.74, 6) is 0.0898. The minimum atomic E-state index is -0.498. The van der Waals surface area contributed by atoms with E-state index in [1.54, 1.807) is 0 Å². The molecule has 1 aliphatic rings. The molecule has 0 spiro atoms. The van der Waals surface area contributed by atoms with E-state index in [1.807, 2.05) is 4.90 Å². The molecule has 1 aliphatic heterocycles. The van der Waals surface area contributed by atoms with Crippen molar-refractivity contribution in [2.24, 2.45) is 0 Å². The summed E-state index contributed by atoms with van der Waals surface area (Å²) in [4.78, 5) is 25.6. The second-order valence-corrected chi connectivity index (χ2v) is 6.06. The lowest BCUT2D eigenvalue weighted by molar-refractivity contribution is -0.134. The predicted octanol–water partition coefficient (Wildman–Crippen LogP) is 3.10. The van der Waals surface area contributed by atoms with Crippen molar-refractivity contribution in [1.82, 2.24) is 10.2 Å². The number of ether oxygens (including phenoxy) is 1. The Morgan fingerprint density at radius 2 is 2.09 bits per heavy atom. The first-order valence-corrected chi connectivity index (χ1v) is 8.22. The van der Waals surface area contributed by atoms with Crippen LogP contribution in [-0.2, 0) is 9.53 Å². The fourth-order valence-electron chi connectivity index (χ4n) is 3.18. The van der Waals surface area contributed by atoms with Crippen molar-refractivity contribution < 1.29 is 14.3 Å². The van der Waals surface area contributed by atoms with E-state index < -0.39 is 6.09 Å². The van der Waals surface area contributed by atoms with E-state index in [2.05, 4.69) is 42.1 Å². The molecule has 5 heteroatoms. The number of alkyl carbamates (subject to hydrolysis) is 1. The van der Waals surface area contributed by atoms with Crippen LogP contribution in [0.3, 0.4) is 0 Å². The number of methoxy groups -OCH3 is 1. The van der Waals surface area contributed by atoms with Crippen molar-refractivity contribution in [3.8, 4) is 0 Å². The van der Waals surface area contributed by atoms with Crippen LogP contribution in [0.25, 0.3) is 0 Å². The smallest absolute Gasteiger partial charge is 0.406 e. The fourth-order valence-corrected chi connectivity index (χ4v) is 3.18. The number of carbonyl (C=O) groups excluding carboxylic acids is 2. The van der Waals surface area contributed by atoms with Crippen molar-refractivity contribution in [2.45, 2.75) is 45.6 Å². The van der Waals surface area contributed by atoms with E-state index in [1.165, 1.54) is 23.8 Å². The zero-order valence-corrected chi connectivity index (χ0v) is 14.2. The van der Waals surface area contributed by atoms with Gasteiger partial charge in [0.2, 0.25) is 5.91 Å². The largest absolute Gasteiger partial charge is 0.453 e. The van der Waals surface area contributed by atoms with Gasteiger partial charge in [-0.2, -0.15) is 0 Å². The van der Waals surface area contributed by atoms with Crippen LogP contribution in [-0.4, -0.2) is 37.1 Å². The Bertz CT molecular complexity index is 571. The first-order chi connectivity index (χ1) is 11.0. The first kappa shape index (κ1) is 17.3. The van der Waals surface area contributed by atoms with Gasteiger partial charge in [0.25, 0.3) is 0 Å². The molecule has 0 unspecified atom stereocenters. The maximum absolute atomic E-state index is 12.6. The van der Waals surface area contributed by atoms with Crippen LogP contribution in [0.15, 0.2) is 18.2 Å². The van der Waals surface area contributed by atoms with Gasteiger partial charge < -0.3 is 15.0 Å². The number of likely N-dealkylation sites (tertiary alicyclic amines) is 1. The van der Waals surface area contributed by atoms with Crippen LogP contribution in [0.4, 0.5) is 4.79 Å². The molecule has 0 radical (unpaired) electrons. The molecule has 1 fully saturated rings. The second kappa shape index (κ2) is 7.99. The van der Waals surface area contributed by atoms with Crippen LogP contribution < -0.4 is 5.32 Å². The molecule has 0 saturated carbocycles. The summed E-state index contributed by atoms with van der Waals surface area (Å²) in [5.41, 5.74) is 3.77. The van der Waals surface area contributed by atoms with Crippen molar-refractivity contribution in [3.63, 3.8) is 0 Å². The molecular formula is C18H26N2O3. The summed E-state index contributed by atoms with van der Waals surface area (Å²) in [6, 6.07) is 6.45. The van der Waals surface area contributed by atoms with Gasteiger partial charge in [-0.3, -0.25) is 4.79 Å². The zero-order valence-electron chi connectivity index (χ0n) is 14.2. The molecule has 1 heterocycles. The van der Waals surface area contributed by atoms with E-state index in [4.69, 9.17) is 0 Å². The monoisotopic (exact) mass is 318 g/mol. The molecule has 1 saturated heterocycles. The number of nitrogens with one attached hydrogen (secondary N) is 1. The minimum absolute atomic E-state index is 0.0898. The van der Waals surface area contributed by atoms with E-state index >= 15 is 0 Å². The number of hydrogen-bond donors (Lipinski definition) is 1. The average molecular weight is 318 g/mol. The Morgan fingerprint density at radius 1 is 1.30 bits per heavy atom. The normalized spacial score (nSPS) is 17.7. The highest BCUT2D eigenvalue weighted by atomic mass is 16.5. The van der Waals surface area contributed by atoms with E-state index in [0.29, 0.717) is 13.0 Å². The maximum Gasteiger partial charge on any atom is 0.406 e. The van der Waals surface area contributed by atoms with Gasteiger partial charge in [0, 0.05) is 19.5 Å². The number of carbonyl (C=O) groups is 2. The molecule has 1 aromatic rings. The lowest BCUT2D eigenvalue weighted by Crippen LogP contribution is -2.40. The van der Waals surface area contributed by atoms with E-state index in [-0.39, 0.29) is 11.9 Å². The number of piperidine rings is 1. The number of rotatable bonds is 4. The summed E-state index contributed by atoms with van der Waals surface area (Å²) in [5, 5.41) is 2.57. The Kier molecular flexibility index (Phi) is 6.02. The van der Waals surface area contributed by atoms with Gasteiger partial charge in [-0.1, -0.05) is 18.2 Å². The molecule has 5 nitrogen and oxygen atoms in total. The van der Waals surface area contributed by atoms with Crippen molar-refractivity contribution in [3.05, 3.63) is 34.9 Å². The third-order valence-electron chi connectivity index (χ3n) is 4.62. The van der Waals surface area contributed by atoms with Gasteiger partial charge in [0.15, 0.2) is 0 Å². The van der Waals surface area contributed by atoms with Crippen LogP contribution in [0, 0.1) is 13.8 Å². The fraction of sp³-hybridized carbons (Fsp3) is 0.556. The van der Waals surface area contributed by atoms with Crippen LogP contribution in [0.1, 0.15) is 48.4 Å². The van der Waals surface area contributed by atoms with Gasteiger partial charge >= 0.3 is 6.09 Å². The van der Waals surface area contributed by atoms with Crippen LogP contribution >= 0.6 is 0 Å². The lowest BCUT2D eigenvalue weighted by atomic mass is 9.90. The highest BCUT2D eigenvalue weighted by Crippen LogP contribution is 2.33.